The van der Waals surface area contributed by atoms with Crippen LogP contribution in [0.3, 0.4) is 0 Å². The summed E-state index contributed by atoms with van der Waals surface area (Å²) in [5.41, 5.74) is 2.20. The molecule has 5 heteroatoms. The number of carboxylic acids is 1. The van der Waals surface area contributed by atoms with Crippen LogP contribution in [0.15, 0.2) is 41.0 Å². The van der Waals surface area contributed by atoms with Crippen molar-refractivity contribution < 1.29 is 9.90 Å². The molecule has 3 nitrogen and oxygen atoms in total. The third-order valence-electron chi connectivity index (χ3n) is 3.31. The summed E-state index contributed by atoms with van der Waals surface area (Å²) in [5.74, 6) is -0.858. The van der Waals surface area contributed by atoms with Crippen molar-refractivity contribution in [1.82, 2.24) is 4.57 Å². The van der Waals surface area contributed by atoms with E-state index in [0.29, 0.717) is 11.4 Å². The van der Waals surface area contributed by atoms with E-state index in [4.69, 9.17) is 5.11 Å². The van der Waals surface area contributed by atoms with E-state index in [2.05, 4.69) is 32.6 Å². The summed E-state index contributed by atoms with van der Waals surface area (Å²) in [7, 11) is 0. The molecule has 0 spiro atoms. The Kier molecular flexibility index (Phi) is 3.40. The number of hydrogen-bond donors (Lipinski definition) is 1. The zero-order valence-electron chi connectivity index (χ0n) is 10.8. The van der Waals surface area contributed by atoms with Crippen LogP contribution in [0, 0.1) is 6.92 Å². The number of carbonyl (C=O) groups is 1. The van der Waals surface area contributed by atoms with Gasteiger partial charge in [0.15, 0.2) is 0 Å². The van der Waals surface area contributed by atoms with Gasteiger partial charge in [-0.2, -0.15) is 0 Å². The number of aromatic carboxylic acids is 1. The highest BCUT2D eigenvalue weighted by molar-refractivity contribution is 9.10. The predicted octanol–water partition coefficient (Wildman–Crippen LogP) is 4.52. The third-order valence-corrected chi connectivity index (χ3v) is 5.02. The van der Waals surface area contributed by atoms with E-state index >= 15 is 0 Å². The summed E-state index contributed by atoms with van der Waals surface area (Å²) >= 11 is 4.89. The van der Waals surface area contributed by atoms with E-state index in [1.54, 1.807) is 6.07 Å². The van der Waals surface area contributed by atoms with Gasteiger partial charge in [-0.25, -0.2) is 4.79 Å². The van der Waals surface area contributed by atoms with Crippen molar-refractivity contribution >= 4 is 44.1 Å². The number of fused-ring (bicyclic) bond motifs is 1. The molecule has 2 aromatic heterocycles. The lowest BCUT2D eigenvalue weighted by atomic mass is 10.2. The van der Waals surface area contributed by atoms with E-state index < -0.39 is 5.97 Å². The lowest BCUT2D eigenvalue weighted by Gasteiger charge is -2.04. The van der Waals surface area contributed by atoms with Crippen LogP contribution in [-0.4, -0.2) is 15.6 Å². The molecule has 0 aliphatic heterocycles. The van der Waals surface area contributed by atoms with Gasteiger partial charge in [-0.05, 0) is 40.5 Å². The first-order valence-electron chi connectivity index (χ1n) is 6.12. The second-order valence-electron chi connectivity index (χ2n) is 4.62. The van der Waals surface area contributed by atoms with Gasteiger partial charge in [0.25, 0.3) is 0 Å². The predicted molar refractivity (Wildman–Crippen MR) is 84.8 cm³/mol. The minimum Gasteiger partial charge on any atom is -0.477 e. The summed E-state index contributed by atoms with van der Waals surface area (Å²) in [6.45, 7) is 2.65. The van der Waals surface area contributed by atoms with E-state index in [9.17, 15) is 4.79 Å². The van der Waals surface area contributed by atoms with Gasteiger partial charge in [-0.1, -0.05) is 18.2 Å². The van der Waals surface area contributed by atoms with Crippen LogP contribution in [0.1, 0.15) is 20.1 Å². The maximum absolute atomic E-state index is 11.0. The minimum absolute atomic E-state index is 0.396. The molecule has 20 heavy (non-hydrogen) atoms. The molecule has 1 N–H and O–H groups in total. The van der Waals surface area contributed by atoms with Crippen molar-refractivity contribution in [3.63, 3.8) is 0 Å². The fourth-order valence-corrected chi connectivity index (χ4v) is 3.75. The quantitative estimate of drug-likeness (QED) is 0.755. The van der Waals surface area contributed by atoms with Crippen LogP contribution < -0.4 is 0 Å². The Bertz CT molecular complexity index is 803. The SMILES string of the molecule is Cc1sc(C(=O)O)cc1Cn1cc(Br)c2ccccc21. The summed E-state index contributed by atoms with van der Waals surface area (Å²) in [6, 6.07) is 9.92. The second-order valence-corrected chi connectivity index (χ2v) is 6.73. The maximum Gasteiger partial charge on any atom is 0.345 e. The number of aryl methyl sites for hydroxylation is 1. The summed E-state index contributed by atoms with van der Waals surface area (Å²) in [4.78, 5) is 12.5. The Hall–Kier alpha value is -1.59. The lowest BCUT2D eigenvalue weighted by Crippen LogP contribution is -1.98. The molecule has 0 aliphatic rings. The molecule has 0 amide bonds. The number of rotatable bonds is 3. The van der Waals surface area contributed by atoms with Crippen molar-refractivity contribution in [1.29, 1.82) is 0 Å². The van der Waals surface area contributed by atoms with Crippen LogP contribution in [-0.2, 0) is 6.54 Å². The van der Waals surface area contributed by atoms with Crippen molar-refractivity contribution in [2.45, 2.75) is 13.5 Å². The van der Waals surface area contributed by atoms with Crippen LogP contribution in [0.25, 0.3) is 10.9 Å². The zero-order chi connectivity index (χ0) is 14.3. The molecule has 3 aromatic rings. The molecular formula is C15H12BrNO2S. The summed E-state index contributed by atoms with van der Waals surface area (Å²) < 4.78 is 3.19. The average Bonchev–Trinajstić information content (AvgIpc) is 2.93. The highest BCUT2D eigenvalue weighted by Gasteiger charge is 2.13. The van der Waals surface area contributed by atoms with E-state index in [1.165, 1.54) is 16.7 Å². The molecule has 0 aliphatic carbocycles. The van der Waals surface area contributed by atoms with Gasteiger partial charge in [0, 0.05) is 33.0 Å². The average molecular weight is 350 g/mol. The number of hydrogen-bond acceptors (Lipinski definition) is 2. The summed E-state index contributed by atoms with van der Waals surface area (Å²) in [6.07, 6.45) is 2.04. The van der Waals surface area contributed by atoms with Crippen LogP contribution >= 0.6 is 27.3 Å². The number of thiophene rings is 1. The molecule has 0 fully saturated rings. The van der Waals surface area contributed by atoms with Gasteiger partial charge in [0.05, 0.1) is 0 Å². The van der Waals surface area contributed by atoms with E-state index in [1.807, 2.05) is 25.3 Å². The van der Waals surface area contributed by atoms with E-state index in [0.717, 1.165) is 20.4 Å². The molecule has 0 radical (unpaired) electrons. The van der Waals surface area contributed by atoms with Gasteiger partial charge >= 0.3 is 5.97 Å². The van der Waals surface area contributed by atoms with Crippen LogP contribution in [0.5, 0.6) is 0 Å². The topological polar surface area (TPSA) is 42.2 Å². The number of halogens is 1. The number of nitrogens with zero attached hydrogens (tertiary/aromatic N) is 1. The number of benzene rings is 1. The Morgan fingerprint density at radius 3 is 2.85 bits per heavy atom. The number of para-hydroxylation sites is 1. The normalized spacial score (nSPS) is 11.1. The Balaban J connectivity index is 2.03. The molecule has 2 heterocycles. The molecule has 102 valence electrons. The lowest BCUT2D eigenvalue weighted by molar-refractivity contribution is 0.0702. The number of carboxylic acid groups (broad SMARTS) is 1. The van der Waals surface area contributed by atoms with Crippen molar-refractivity contribution in [3.8, 4) is 0 Å². The van der Waals surface area contributed by atoms with Gasteiger partial charge < -0.3 is 9.67 Å². The third kappa shape index (κ3) is 2.27. The van der Waals surface area contributed by atoms with Gasteiger partial charge in [-0.15, -0.1) is 11.3 Å². The first-order chi connectivity index (χ1) is 9.56. The smallest absolute Gasteiger partial charge is 0.345 e. The molecule has 0 bridgehead atoms. The van der Waals surface area contributed by atoms with E-state index in [-0.39, 0.29) is 0 Å². The first kappa shape index (κ1) is 13.4. The Morgan fingerprint density at radius 2 is 2.15 bits per heavy atom. The molecule has 0 saturated carbocycles. The maximum atomic E-state index is 11.0. The van der Waals surface area contributed by atoms with Crippen LogP contribution in [0.4, 0.5) is 0 Å². The van der Waals surface area contributed by atoms with Gasteiger partial charge in [0.2, 0.25) is 0 Å². The fraction of sp³-hybridized carbons (Fsp3) is 0.133. The monoisotopic (exact) mass is 349 g/mol. The Labute approximate surface area is 128 Å². The molecule has 1 aromatic carbocycles. The first-order valence-corrected chi connectivity index (χ1v) is 7.73. The molecule has 3 rings (SSSR count). The standard InChI is InChI=1S/C15H12BrNO2S/c1-9-10(6-14(20-9)15(18)19)7-17-8-12(16)11-4-2-3-5-13(11)17/h2-6,8H,7H2,1H3,(H,18,19). The van der Waals surface area contributed by atoms with Crippen molar-refractivity contribution in [3.05, 3.63) is 56.3 Å². The molecule has 0 unspecified atom stereocenters. The number of aromatic nitrogens is 1. The van der Waals surface area contributed by atoms with Crippen LogP contribution in [0.2, 0.25) is 0 Å². The van der Waals surface area contributed by atoms with Gasteiger partial charge in [-0.3, -0.25) is 0 Å². The Morgan fingerprint density at radius 1 is 1.40 bits per heavy atom. The van der Waals surface area contributed by atoms with Crippen molar-refractivity contribution in [2.75, 3.05) is 0 Å². The fourth-order valence-electron chi connectivity index (χ4n) is 2.30. The summed E-state index contributed by atoms with van der Waals surface area (Å²) in [5, 5.41) is 10.2. The highest BCUT2D eigenvalue weighted by atomic mass is 79.9. The molecule has 0 atom stereocenters. The zero-order valence-corrected chi connectivity index (χ0v) is 13.2. The molecular weight excluding hydrogens is 338 g/mol. The largest absolute Gasteiger partial charge is 0.477 e. The highest BCUT2D eigenvalue weighted by Crippen LogP contribution is 2.28. The minimum atomic E-state index is -0.858. The molecule has 0 saturated heterocycles. The second kappa shape index (κ2) is 5.07. The van der Waals surface area contributed by atoms with Crippen molar-refractivity contribution in [2.24, 2.45) is 0 Å². The van der Waals surface area contributed by atoms with Gasteiger partial charge in [0.1, 0.15) is 4.88 Å².